The average Bonchev–Trinajstić information content (AvgIpc) is 3.53. The lowest BCUT2D eigenvalue weighted by Gasteiger charge is -2.29. The van der Waals surface area contributed by atoms with Crippen LogP contribution in [-0.4, -0.2) is 76.7 Å². The maximum absolute atomic E-state index is 14.0. The molecule has 3 aliphatic rings. The highest BCUT2D eigenvalue weighted by Gasteiger charge is 2.32. The highest BCUT2D eigenvalue weighted by molar-refractivity contribution is 6.35. The highest BCUT2D eigenvalue weighted by Crippen LogP contribution is 2.48. The van der Waals surface area contributed by atoms with Crippen LogP contribution in [-0.2, 0) is 0 Å². The summed E-state index contributed by atoms with van der Waals surface area (Å²) in [6.45, 7) is 4.64. The van der Waals surface area contributed by atoms with Crippen LogP contribution in [0.3, 0.4) is 0 Å². The van der Waals surface area contributed by atoms with Crippen molar-refractivity contribution in [3.63, 3.8) is 0 Å². The number of fused-ring (bicyclic) bond motifs is 2. The Morgan fingerprint density at radius 1 is 1.10 bits per heavy atom. The van der Waals surface area contributed by atoms with Crippen molar-refractivity contribution in [2.45, 2.75) is 63.8 Å². The molecule has 8 nitrogen and oxygen atoms in total. The number of likely N-dealkylation sites (tertiary alicyclic amines) is 1. The largest absolute Gasteiger partial charge is 0.487 e. The molecule has 1 aliphatic carbocycles. The van der Waals surface area contributed by atoms with Crippen molar-refractivity contribution in [3.05, 3.63) is 35.0 Å². The number of piperidine rings is 1. The van der Waals surface area contributed by atoms with Crippen LogP contribution < -0.4 is 14.4 Å². The number of hydrogen-bond acceptors (Lipinski definition) is 7. The van der Waals surface area contributed by atoms with Gasteiger partial charge in [0.1, 0.15) is 24.1 Å². The first-order valence-electron chi connectivity index (χ1n) is 14.3. The minimum atomic E-state index is -0.836. The van der Waals surface area contributed by atoms with Crippen LogP contribution in [0.4, 0.5) is 10.2 Å². The number of nitrogens with one attached hydrogen (secondary N) is 1. The highest BCUT2D eigenvalue weighted by atomic mass is 35.5. The van der Waals surface area contributed by atoms with Crippen molar-refractivity contribution in [3.8, 4) is 22.9 Å². The number of anilines is 1. The first kappa shape index (κ1) is 25.8. The summed E-state index contributed by atoms with van der Waals surface area (Å²) in [6.07, 6.45) is 6.97. The molecule has 0 spiro atoms. The molecule has 0 bridgehead atoms. The third-order valence-electron chi connectivity index (χ3n) is 8.45. The van der Waals surface area contributed by atoms with Crippen LogP contribution in [0.5, 0.6) is 11.8 Å². The van der Waals surface area contributed by atoms with E-state index in [0.29, 0.717) is 35.9 Å². The first-order chi connectivity index (χ1) is 19.5. The summed E-state index contributed by atoms with van der Waals surface area (Å²) in [4.78, 5) is 14.2. The fraction of sp³-hybridized carbons (Fsp3) is 0.500. The second-order valence-corrected chi connectivity index (χ2v) is 11.9. The van der Waals surface area contributed by atoms with Gasteiger partial charge >= 0.3 is 6.01 Å². The van der Waals surface area contributed by atoms with Gasteiger partial charge in [0.25, 0.3) is 0 Å². The van der Waals surface area contributed by atoms with Gasteiger partial charge in [0, 0.05) is 47.6 Å². The Bertz CT molecular complexity index is 1570. The van der Waals surface area contributed by atoms with E-state index in [9.17, 15) is 4.39 Å². The van der Waals surface area contributed by atoms with E-state index < -0.39 is 6.17 Å². The molecule has 10 heteroatoms. The maximum atomic E-state index is 14.0. The molecule has 2 atom stereocenters. The van der Waals surface area contributed by atoms with Gasteiger partial charge in [-0.25, -0.2) is 4.39 Å². The van der Waals surface area contributed by atoms with E-state index in [-0.39, 0.29) is 18.2 Å². The number of benzene rings is 2. The van der Waals surface area contributed by atoms with Crippen LogP contribution in [0, 0.1) is 6.92 Å². The van der Waals surface area contributed by atoms with Gasteiger partial charge in [-0.2, -0.15) is 15.1 Å². The number of aromatic nitrogens is 4. The van der Waals surface area contributed by atoms with Crippen molar-refractivity contribution in [1.29, 1.82) is 0 Å². The van der Waals surface area contributed by atoms with Crippen molar-refractivity contribution in [2.75, 3.05) is 38.2 Å². The zero-order chi connectivity index (χ0) is 27.4. The van der Waals surface area contributed by atoms with Crippen LogP contribution in [0.15, 0.2) is 24.4 Å². The summed E-state index contributed by atoms with van der Waals surface area (Å²) in [5.74, 6) is 1.48. The summed E-state index contributed by atoms with van der Waals surface area (Å²) >= 11 is 7.16. The van der Waals surface area contributed by atoms with Gasteiger partial charge in [0.15, 0.2) is 5.75 Å². The molecular weight excluding hydrogens is 531 g/mol. The Balaban J connectivity index is 1.42. The van der Waals surface area contributed by atoms with Gasteiger partial charge in [-0.05, 0) is 70.2 Å². The summed E-state index contributed by atoms with van der Waals surface area (Å²) in [5, 5.41) is 9.81. The van der Waals surface area contributed by atoms with Gasteiger partial charge < -0.3 is 14.4 Å². The minimum Gasteiger partial charge on any atom is -0.487 e. The van der Waals surface area contributed by atoms with Crippen molar-refractivity contribution in [1.82, 2.24) is 25.1 Å². The molecule has 2 saturated heterocycles. The van der Waals surface area contributed by atoms with Gasteiger partial charge in [0.05, 0.1) is 22.8 Å². The van der Waals surface area contributed by atoms with Crippen LogP contribution in [0.25, 0.3) is 32.9 Å². The average molecular weight is 565 g/mol. The Kier molecular flexibility index (Phi) is 6.66. The van der Waals surface area contributed by atoms with E-state index in [0.717, 1.165) is 77.6 Å². The Labute approximate surface area is 237 Å². The zero-order valence-electron chi connectivity index (χ0n) is 22.9. The molecule has 40 heavy (non-hydrogen) atoms. The third kappa shape index (κ3) is 4.73. The molecule has 0 radical (unpaired) electrons. The molecule has 1 N–H and O–H groups in total. The Morgan fingerprint density at radius 2 is 1.93 bits per heavy atom. The fourth-order valence-corrected chi connectivity index (χ4v) is 6.41. The molecule has 1 saturated carbocycles. The number of aromatic amines is 1. The molecule has 2 aliphatic heterocycles. The second kappa shape index (κ2) is 10.3. The van der Waals surface area contributed by atoms with E-state index in [4.69, 9.17) is 31.0 Å². The van der Waals surface area contributed by atoms with Crippen molar-refractivity contribution in [2.24, 2.45) is 0 Å². The summed E-state index contributed by atoms with van der Waals surface area (Å²) in [6, 6.07) is 6.35. The molecule has 0 unspecified atom stereocenters. The number of likely N-dealkylation sites (N-methyl/N-ethyl adjacent to an activating group) is 1. The van der Waals surface area contributed by atoms with E-state index in [1.54, 1.807) is 0 Å². The third-order valence-corrected chi connectivity index (χ3v) is 8.74. The lowest BCUT2D eigenvalue weighted by molar-refractivity contribution is 0.188. The number of aryl methyl sites for hydroxylation is 1. The van der Waals surface area contributed by atoms with Crippen molar-refractivity contribution < 1.29 is 13.9 Å². The minimum absolute atomic E-state index is 0.0166. The monoisotopic (exact) mass is 564 g/mol. The van der Waals surface area contributed by atoms with E-state index in [1.807, 2.05) is 30.3 Å². The van der Waals surface area contributed by atoms with Gasteiger partial charge in [0.2, 0.25) is 0 Å². The molecule has 3 fully saturated rings. The summed E-state index contributed by atoms with van der Waals surface area (Å²) in [7, 11) is 1.93. The maximum Gasteiger partial charge on any atom is 0.319 e. The number of hydrogen-bond donors (Lipinski definition) is 1. The molecule has 4 aromatic rings. The van der Waals surface area contributed by atoms with Crippen LogP contribution >= 0.6 is 11.6 Å². The lowest BCUT2D eigenvalue weighted by Crippen LogP contribution is -2.32. The second-order valence-electron chi connectivity index (χ2n) is 11.5. The predicted octanol–water partition coefficient (Wildman–Crippen LogP) is 6.09. The van der Waals surface area contributed by atoms with Gasteiger partial charge in [-0.15, -0.1) is 0 Å². The number of rotatable bonds is 7. The number of halogens is 2. The van der Waals surface area contributed by atoms with E-state index >= 15 is 0 Å². The quantitative estimate of drug-likeness (QED) is 0.291. The molecule has 2 aromatic carbocycles. The van der Waals surface area contributed by atoms with E-state index in [1.165, 1.54) is 6.42 Å². The number of ether oxygens (including phenoxy) is 2. The molecule has 0 amide bonds. The standard InChI is InChI=1S/C30H34ClFN6O2/c1-17-6-9-24-22(14-33-36-24)25(17)26-23(31)13-21-27(28(26)40-20-7-8-20)34-30(35-29(21)38-10-4-3-5-11-38)39-16-19-12-18(32)15-37(19)2/h6,9,13-14,18-20H,3-5,7-8,10-12,15-16H2,1-2H3,(H,33,36)/t18-,19+/m1/s1. The SMILES string of the molecule is Cc1ccc2[nH]ncc2c1-c1c(Cl)cc2c(N3CCCCC3)nc(OC[C@@H]3C[C@@H](F)CN3C)nc2c1OC1CC1. The number of H-pyrrole nitrogens is 1. The van der Waals surface area contributed by atoms with Crippen molar-refractivity contribution >= 4 is 39.2 Å². The fourth-order valence-electron chi connectivity index (χ4n) is 6.12. The summed E-state index contributed by atoms with van der Waals surface area (Å²) in [5.41, 5.74) is 4.50. The van der Waals surface area contributed by atoms with Gasteiger partial charge in [-0.1, -0.05) is 17.7 Å². The number of nitrogens with zero attached hydrogens (tertiary/aromatic N) is 5. The molecular formula is C30H34ClFN6O2. The smallest absolute Gasteiger partial charge is 0.319 e. The lowest BCUT2D eigenvalue weighted by atomic mass is 9.94. The van der Waals surface area contributed by atoms with Crippen LogP contribution in [0.2, 0.25) is 5.02 Å². The normalized spacial score (nSPS) is 21.9. The molecule has 210 valence electrons. The molecule has 4 heterocycles. The Morgan fingerprint density at radius 3 is 2.67 bits per heavy atom. The van der Waals surface area contributed by atoms with E-state index in [2.05, 4.69) is 28.1 Å². The first-order valence-corrected chi connectivity index (χ1v) is 14.7. The van der Waals surface area contributed by atoms with Crippen LogP contribution in [0.1, 0.15) is 44.1 Å². The summed E-state index contributed by atoms with van der Waals surface area (Å²) < 4.78 is 26.9. The zero-order valence-corrected chi connectivity index (χ0v) is 23.7. The predicted molar refractivity (Wildman–Crippen MR) is 156 cm³/mol. The number of alkyl halides is 1. The molecule has 7 rings (SSSR count). The Hall–Kier alpha value is -3.17. The topological polar surface area (TPSA) is 79.4 Å². The van der Waals surface area contributed by atoms with Gasteiger partial charge in [-0.3, -0.25) is 10.00 Å². The molecule has 2 aromatic heterocycles.